The first-order valence-corrected chi connectivity index (χ1v) is 9.72. The second kappa shape index (κ2) is 7.06. The molecule has 1 aliphatic rings. The maximum Gasteiger partial charge on any atom is 0.414 e. The molecule has 1 aromatic carbocycles. The highest BCUT2D eigenvalue weighted by atomic mass is 32.2. The lowest BCUT2D eigenvalue weighted by Gasteiger charge is -2.24. The van der Waals surface area contributed by atoms with E-state index >= 15 is 0 Å². The first-order chi connectivity index (χ1) is 12.0. The molecule has 1 saturated heterocycles. The third kappa shape index (κ3) is 3.72. The summed E-state index contributed by atoms with van der Waals surface area (Å²) in [6.07, 6.45) is 0.173. The highest BCUT2D eigenvalue weighted by Gasteiger charge is 2.48. The van der Waals surface area contributed by atoms with Crippen molar-refractivity contribution in [3.63, 3.8) is 0 Å². The Bertz CT molecular complexity index is 849. The van der Waals surface area contributed by atoms with Crippen LogP contribution in [0.15, 0.2) is 30.3 Å². The molecule has 0 saturated carbocycles. The lowest BCUT2D eigenvalue weighted by molar-refractivity contribution is -0.140. The van der Waals surface area contributed by atoms with Gasteiger partial charge in [-0.2, -0.15) is 0 Å². The molecule has 2 rings (SSSR count). The summed E-state index contributed by atoms with van der Waals surface area (Å²) in [6.45, 7) is 2.66. The molecule has 1 aromatic rings. The number of halogens is 1. The van der Waals surface area contributed by atoms with Gasteiger partial charge >= 0.3 is 12.1 Å². The number of anilines is 1. The monoisotopic (exact) mass is 385 g/mol. The average Bonchev–Trinajstić information content (AvgIpc) is 2.93. The van der Waals surface area contributed by atoms with Gasteiger partial charge < -0.3 is 9.84 Å². The molecule has 1 aliphatic heterocycles. The normalized spacial score (nSPS) is 20.6. The number of nitrogens with zero attached hydrogens (tertiary/aromatic N) is 1. The summed E-state index contributed by atoms with van der Waals surface area (Å²) in [5, 5.41) is 9.31. The minimum absolute atomic E-state index is 0.00265. The highest BCUT2D eigenvalue weighted by molar-refractivity contribution is 7.92. The highest BCUT2D eigenvalue weighted by Crippen LogP contribution is 2.30. The molecule has 0 aliphatic carbocycles. The van der Waals surface area contributed by atoms with E-state index in [1.165, 1.54) is 35.2 Å². The van der Waals surface area contributed by atoms with Gasteiger partial charge in [0.05, 0.1) is 6.54 Å². The quantitative estimate of drug-likeness (QED) is 0.808. The van der Waals surface area contributed by atoms with Gasteiger partial charge in [0.25, 0.3) is 0 Å². The molecule has 26 heavy (non-hydrogen) atoms. The van der Waals surface area contributed by atoms with Gasteiger partial charge in [-0.15, -0.1) is 0 Å². The van der Waals surface area contributed by atoms with Crippen molar-refractivity contribution in [3.05, 3.63) is 35.9 Å². The Morgan fingerprint density at radius 2 is 2.00 bits per heavy atom. The Balaban J connectivity index is 2.19. The first kappa shape index (κ1) is 19.9. The number of sulfone groups is 1. The number of carbonyl (C=O) groups is 2. The van der Waals surface area contributed by atoms with Crippen molar-refractivity contribution in [2.45, 2.75) is 31.1 Å². The van der Waals surface area contributed by atoms with Gasteiger partial charge in [-0.25, -0.2) is 17.6 Å². The van der Waals surface area contributed by atoms with Gasteiger partial charge in [0.15, 0.2) is 14.6 Å². The van der Waals surface area contributed by atoms with Gasteiger partial charge in [0, 0.05) is 23.9 Å². The molecule has 142 valence electrons. The third-order valence-electron chi connectivity index (χ3n) is 4.47. The van der Waals surface area contributed by atoms with Gasteiger partial charge in [0.1, 0.15) is 11.9 Å². The van der Waals surface area contributed by atoms with Crippen LogP contribution in [-0.2, 0) is 19.4 Å². The van der Waals surface area contributed by atoms with Crippen molar-refractivity contribution in [1.29, 1.82) is 0 Å². The topological polar surface area (TPSA) is 101 Å². The number of carbonyl (C=O) groups excluding carboxylic acids is 1. The van der Waals surface area contributed by atoms with E-state index in [-0.39, 0.29) is 13.0 Å². The standard InChI is InChI=1S/C17H20FNO6S/c1-4-14(18)11-5-7-12(8-6-11)19-10-13(25-16(19)22)9-17(2,15(20)21)26(3,23)24/h4-8,13H,9-10H2,1-3H3,(H,20,21)/b14-4-/t13-,17+/m0/s1. The van der Waals surface area contributed by atoms with Crippen LogP contribution in [0.3, 0.4) is 0 Å². The fourth-order valence-electron chi connectivity index (χ4n) is 2.64. The van der Waals surface area contributed by atoms with Gasteiger partial charge in [-0.3, -0.25) is 9.69 Å². The molecule has 0 bridgehead atoms. The number of carboxylic acid groups (broad SMARTS) is 1. The summed E-state index contributed by atoms with van der Waals surface area (Å²) in [6, 6.07) is 6.08. The Kier molecular flexibility index (Phi) is 5.41. The fourth-order valence-corrected chi connectivity index (χ4v) is 3.44. The largest absolute Gasteiger partial charge is 0.480 e. The van der Waals surface area contributed by atoms with Crippen LogP contribution in [0.4, 0.5) is 14.9 Å². The number of rotatable bonds is 6. The molecule has 2 atom stereocenters. The SMILES string of the molecule is C/C=C(\F)c1ccc(N2C[C@H](C[C@](C)(C(=O)O)S(C)(=O)=O)OC2=O)cc1. The van der Waals surface area contributed by atoms with Crippen LogP contribution in [0.1, 0.15) is 25.8 Å². The van der Waals surface area contributed by atoms with E-state index in [2.05, 4.69) is 0 Å². The van der Waals surface area contributed by atoms with Crippen LogP contribution in [0.2, 0.25) is 0 Å². The van der Waals surface area contributed by atoms with Crippen LogP contribution in [0.25, 0.3) is 5.83 Å². The number of carboxylic acids is 1. The molecular formula is C17H20FNO6S. The zero-order valence-corrected chi connectivity index (χ0v) is 15.4. The third-order valence-corrected chi connectivity index (χ3v) is 6.45. The summed E-state index contributed by atoms with van der Waals surface area (Å²) in [4.78, 5) is 24.8. The molecule has 9 heteroatoms. The Morgan fingerprint density at radius 3 is 2.46 bits per heavy atom. The molecule has 1 heterocycles. The second-order valence-electron chi connectivity index (χ2n) is 6.31. The van der Waals surface area contributed by atoms with Crippen molar-refractivity contribution in [2.75, 3.05) is 17.7 Å². The van der Waals surface area contributed by atoms with Crippen LogP contribution in [-0.4, -0.2) is 49.2 Å². The summed E-state index contributed by atoms with van der Waals surface area (Å²) in [5.41, 5.74) is 0.803. The molecule has 1 N–H and O–H groups in total. The van der Waals surface area contributed by atoms with E-state index in [1.54, 1.807) is 6.92 Å². The number of hydrogen-bond donors (Lipinski definition) is 1. The number of hydrogen-bond acceptors (Lipinski definition) is 5. The predicted molar refractivity (Wildman–Crippen MR) is 94.3 cm³/mol. The minimum Gasteiger partial charge on any atom is -0.480 e. The molecule has 0 spiro atoms. The number of benzene rings is 1. The zero-order chi connectivity index (χ0) is 19.7. The maximum atomic E-state index is 13.5. The molecule has 1 fully saturated rings. The van der Waals surface area contributed by atoms with E-state index in [9.17, 15) is 27.5 Å². The van der Waals surface area contributed by atoms with E-state index in [0.717, 1.165) is 13.2 Å². The van der Waals surface area contributed by atoms with E-state index in [0.29, 0.717) is 11.3 Å². The summed E-state index contributed by atoms with van der Waals surface area (Å²) in [5.74, 6) is -1.90. The molecule has 0 aromatic heterocycles. The Labute approximate surface area is 151 Å². The van der Waals surface area contributed by atoms with Crippen LogP contribution in [0.5, 0.6) is 0 Å². The summed E-state index contributed by atoms with van der Waals surface area (Å²) >= 11 is 0. The number of amides is 1. The minimum atomic E-state index is -3.93. The first-order valence-electron chi connectivity index (χ1n) is 7.83. The van der Waals surface area contributed by atoms with Crippen molar-refractivity contribution >= 4 is 33.4 Å². The summed E-state index contributed by atoms with van der Waals surface area (Å²) < 4.78 is 40.3. The van der Waals surface area contributed by atoms with Crippen molar-refractivity contribution < 1.29 is 32.2 Å². The van der Waals surface area contributed by atoms with Crippen molar-refractivity contribution in [3.8, 4) is 0 Å². The molecule has 7 nitrogen and oxygen atoms in total. The zero-order valence-electron chi connectivity index (χ0n) is 14.6. The predicted octanol–water partition coefficient (Wildman–Crippen LogP) is 2.62. The van der Waals surface area contributed by atoms with Gasteiger partial charge in [-0.05, 0) is 38.1 Å². The van der Waals surface area contributed by atoms with Crippen molar-refractivity contribution in [2.24, 2.45) is 0 Å². The lowest BCUT2D eigenvalue weighted by atomic mass is 10.0. The molecule has 0 radical (unpaired) electrons. The lowest BCUT2D eigenvalue weighted by Crippen LogP contribution is -2.46. The number of aliphatic carboxylic acids is 1. The number of cyclic esters (lactones) is 1. The summed E-state index contributed by atoms with van der Waals surface area (Å²) in [7, 11) is -3.93. The van der Waals surface area contributed by atoms with Crippen molar-refractivity contribution in [1.82, 2.24) is 0 Å². The van der Waals surface area contributed by atoms with E-state index in [1.807, 2.05) is 0 Å². The van der Waals surface area contributed by atoms with E-state index in [4.69, 9.17) is 4.74 Å². The molecule has 0 unspecified atom stereocenters. The average molecular weight is 385 g/mol. The fraction of sp³-hybridized carbons (Fsp3) is 0.412. The van der Waals surface area contributed by atoms with Crippen LogP contribution < -0.4 is 4.90 Å². The maximum absolute atomic E-state index is 13.5. The molecule has 1 amide bonds. The Hall–Kier alpha value is -2.42. The smallest absolute Gasteiger partial charge is 0.414 e. The van der Waals surface area contributed by atoms with Gasteiger partial charge in [0.2, 0.25) is 0 Å². The number of ether oxygens (including phenoxy) is 1. The van der Waals surface area contributed by atoms with Gasteiger partial charge in [-0.1, -0.05) is 6.08 Å². The van der Waals surface area contributed by atoms with Crippen LogP contribution >= 0.6 is 0 Å². The van der Waals surface area contributed by atoms with Crippen LogP contribution in [0, 0.1) is 0 Å². The van der Waals surface area contributed by atoms with E-state index < -0.39 is 38.6 Å². The second-order valence-corrected chi connectivity index (χ2v) is 8.76. The molecular weight excluding hydrogens is 365 g/mol. The number of allylic oxidation sites excluding steroid dienone is 1. The Morgan fingerprint density at radius 1 is 1.42 bits per heavy atom.